The van der Waals surface area contributed by atoms with Gasteiger partial charge in [-0.05, 0) is 51.3 Å². The Balaban J connectivity index is 1.75. The van der Waals surface area contributed by atoms with Gasteiger partial charge in [0.25, 0.3) is 5.91 Å². The zero-order chi connectivity index (χ0) is 20.7. The minimum Gasteiger partial charge on any atom is -0.484 e. The lowest BCUT2D eigenvalue weighted by atomic mass is 10.1. The Morgan fingerprint density at radius 3 is 2.50 bits per heavy atom. The third-order valence-corrected chi connectivity index (χ3v) is 4.18. The van der Waals surface area contributed by atoms with E-state index in [1.807, 2.05) is 20.8 Å². The third kappa shape index (κ3) is 7.46. The van der Waals surface area contributed by atoms with E-state index in [4.69, 9.17) is 14.6 Å². The highest BCUT2D eigenvalue weighted by atomic mass is 16.6. The molecule has 2 N–H and O–H groups in total. The number of amides is 2. The number of nitrogens with one attached hydrogen (secondary N) is 1. The SMILES string of the molecule is CC(C)(C)OC(=O)NC1CCN(C(=O)COc2cccc(CC(=O)O)c2)CC1. The first-order chi connectivity index (χ1) is 13.1. The molecule has 2 amide bonds. The lowest BCUT2D eigenvalue weighted by Gasteiger charge is -2.32. The average molecular weight is 392 g/mol. The van der Waals surface area contributed by atoms with Crippen LogP contribution in [0, 0.1) is 0 Å². The lowest BCUT2D eigenvalue weighted by Crippen LogP contribution is -2.48. The maximum absolute atomic E-state index is 12.3. The first-order valence-electron chi connectivity index (χ1n) is 9.33. The summed E-state index contributed by atoms with van der Waals surface area (Å²) in [5, 5.41) is 11.7. The van der Waals surface area contributed by atoms with Gasteiger partial charge in [-0.15, -0.1) is 0 Å². The summed E-state index contributed by atoms with van der Waals surface area (Å²) in [7, 11) is 0. The summed E-state index contributed by atoms with van der Waals surface area (Å²) in [5.74, 6) is -0.593. The number of rotatable bonds is 6. The van der Waals surface area contributed by atoms with Crippen LogP contribution in [0.25, 0.3) is 0 Å². The van der Waals surface area contributed by atoms with Gasteiger partial charge >= 0.3 is 12.1 Å². The van der Waals surface area contributed by atoms with Crippen molar-refractivity contribution in [3.63, 3.8) is 0 Å². The van der Waals surface area contributed by atoms with Crippen molar-refractivity contribution < 1.29 is 29.0 Å². The van der Waals surface area contributed by atoms with Gasteiger partial charge in [-0.3, -0.25) is 9.59 Å². The van der Waals surface area contributed by atoms with Crippen LogP contribution in [-0.2, 0) is 20.7 Å². The molecule has 0 spiro atoms. The molecule has 0 radical (unpaired) electrons. The molecule has 0 aliphatic carbocycles. The number of carbonyl (C=O) groups excluding carboxylic acids is 2. The number of aliphatic carboxylic acids is 1. The number of nitrogens with zero attached hydrogens (tertiary/aromatic N) is 1. The average Bonchev–Trinajstić information content (AvgIpc) is 2.58. The van der Waals surface area contributed by atoms with Crippen LogP contribution in [0.5, 0.6) is 5.75 Å². The molecule has 0 unspecified atom stereocenters. The van der Waals surface area contributed by atoms with Gasteiger partial charge < -0.3 is 24.8 Å². The van der Waals surface area contributed by atoms with E-state index in [-0.39, 0.29) is 25.0 Å². The minimum absolute atomic E-state index is 0.0208. The molecule has 154 valence electrons. The first-order valence-corrected chi connectivity index (χ1v) is 9.33. The van der Waals surface area contributed by atoms with Crippen LogP contribution < -0.4 is 10.1 Å². The Morgan fingerprint density at radius 2 is 1.89 bits per heavy atom. The summed E-state index contributed by atoms with van der Waals surface area (Å²) < 4.78 is 10.8. The largest absolute Gasteiger partial charge is 0.484 e. The maximum atomic E-state index is 12.3. The summed E-state index contributed by atoms with van der Waals surface area (Å²) >= 11 is 0. The van der Waals surface area contributed by atoms with Gasteiger partial charge in [0.05, 0.1) is 6.42 Å². The van der Waals surface area contributed by atoms with E-state index in [9.17, 15) is 14.4 Å². The Kier molecular flexibility index (Phi) is 7.25. The van der Waals surface area contributed by atoms with Gasteiger partial charge in [0.15, 0.2) is 6.61 Å². The van der Waals surface area contributed by atoms with Crippen molar-refractivity contribution >= 4 is 18.0 Å². The molecule has 0 aromatic heterocycles. The Hall–Kier alpha value is -2.77. The number of ether oxygens (including phenoxy) is 2. The molecule has 1 aliphatic heterocycles. The van der Waals surface area contributed by atoms with Crippen molar-refractivity contribution in [1.82, 2.24) is 10.2 Å². The summed E-state index contributed by atoms with van der Waals surface area (Å²) in [6.45, 7) is 6.38. The number of carboxylic acid groups (broad SMARTS) is 1. The normalized spacial score (nSPS) is 15.0. The molecule has 0 saturated carbocycles. The number of benzene rings is 1. The van der Waals surface area contributed by atoms with Gasteiger partial charge in [-0.25, -0.2) is 4.79 Å². The second kappa shape index (κ2) is 9.43. The molecule has 1 aromatic carbocycles. The van der Waals surface area contributed by atoms with Gasteiger partial charge in [-0.1, -0.05) is 12.1 Å². The van der Waals surface area contributed by atoms with E-state index in [0.29, 0.717) is 37.2 Å². The summed E-state index contributed by atoms with van der Waals surface area (Å²) in [4.78, 5) is 36.7. The van der Waals surface area contributed by atoms with E-state index in [2.05, 4.69) is 5.32 Å². The molecule has 1 aliphatic rings. The predicted octanol–water partition coefficient (Wildman–Crippen LogP) is 2.21. The first kappa shape index (κ1) is 21.5. The standard InChI is InChI=1S/C20H28N2O6/c1-20(2,3)28-19(26)21-15-7-9-22(10-8-15)17(23)13-27-16-6-4-5-14(11-16)12-18(24)25/h4-6,11,15H,7-10,12-13H2,1-3H3,(H,21,26)(H,24,25). The monoisotopic (exact) mass is 392 g/mol. The van der Waals surface area contributed by atoms with E-state index >= 15 is 0 Å². The fourth-order valence-corrected chi connectivity index (χ4v) is 2.90. The molecular weight excluding hydrogens is 364 g/mol. The quantitative estimate of drug-likeness (QED) is 0.769. The van der Waals surface area contributed by atoms with Crippen molar-refractivity contribution in [2.45, 2.75) is 51.7 Å². The molecular formula is C20H28N2O6. The minimum atomic E-state index is -0.920. The van der Waals surface area contributed by atoms with Crippen molar-refractivity contribution in [2.24, 2.45) is 0 Å². The molecule has 8 nitrogen and oxygen atoms in total. The number of hydrogen-bond donors (Lipinski definition) is 2. The molecule has 8 heteroatoms. The number of likely N-dealkylation sites (tertiary alicyclic amines) is 1. The highest BCUT2D eigenvalue weighted by Crippen LogP contribution is 2.16. The van der Waals surface area contributed by atoms with Crippen LogP contribution in [0.1, 0.15) is 39.2 Å². The van der Waals surface area contributed by atoms with Crippen LogP contribution in [0.3, 0.4) is 0 Å². The predicted molar refractivity (Wildman–Crippen MR) is 102 cm³/mol. The van der Waals surface area contributed by atoms with Crippen LogP contribution in [0.15, 0.2) is 24.3 Å². The van der Waals surface area contributed by atoms with E-state index in [1.54, 1.807) is 29.2 Å². The summed E-state index contributed by atoms with van der Waals surface area (Å²) in [5.41, 5.74) is 0.0753. The van der Waals surface area contributed by atoms with Crippen molar-refractivity contribution in [2.75, 3.05) is 19.7 Å². The smallest absolute Gasteiger partial charge is 0.407 e. The second-order valence-corrected chi connectivity index (χ2v) is 7.81. The number of piperidine rings is 1. The van der Waals surface area contributed by atoms with Gasteiger partial charge in [0.1, 0.15) is 11.4 Å². The zero-order valence-corrected chi connectivity index (χ0v) is 16.6. The summed E-state index contributed by atoms with van der Waals surface area (Å²) in [6.07, 6.45) is 0.767. The van der Waals surface area contributed by atoms with Gasteiger partial charge in [-0.2, -0.15) is 0 Å². The van der Waals surface area contributed by atoms with E-state index < -0.39 is 17.7 Å². The van der Waals surface area contributed by atoms with E-state index in [0.717, 1.165) is 0 Å². The molecule has 0 bridgehead atoms. The van der Waals surface area contributed by atoms with Crippen molar-refractivity contribution in [3.05, 3.63) is 29.8 Å². The van der Waals surface area contributed by atoms with E-state index in [1.165, 1.54) is 0 Å². The molecule has 1 saturated heterocycles. The van der Waals surface area contributed by atoms with Gasteiger partial charge in [0, 0.05) is 19.1 Å². The maximum Gasteiger partial charge on any atom is 0.407 e. The molecule has 1 fully saturated rings. The Labute approximate surface area is 164 Å². The van der Waals surface area contributed by atoms with Crippen LogP contribution in [0.2, 0.25) is 0 Å². The zero-order valence-electron chi connectivity index (χ0n) is 16.6. The highest BCUT2D eigenvalue weighted by Gasteiger charge is 2.25. The fourth-order valence-electron chi connectivity index (χ4n) is 2.90. The topological polar surface area (TPSA) is 105 Å². The van der Waals surface area contributed by atoms with Crippen LogP contribution >= 0.6 is 0 Å². The highest BCUT2D eigenvalue weighted by molar-refractivity contribution is 5.78. The second-order valence-electron chi connectivity index (χ2n) is 7.81. The van der Waals surface area contributed by atoms with Crippen molar-refractivity contribution in [1.29, 1.82) is 0 Å². The van der Waals surface area contributed by atoms with Crippen LogP contribution in [-0.4, -0.2) is 59.3 Å². The van der Waals surface area contributed by atoms with Gasteiger partial charge in [0.2, 0.25) is 0 Å². The number of hydrogen-bond acceptors (Lipinski definition) is 5. The lowest BCUT2D eigenvalue weighted by molar-refractivity contribution is -0.136. The number of carboxylic acids is 1. The third-order valence-electron chi connectivity index (χ3n) is 4.18. The summed E-state index contributed by atoms with van der Waals surface area (Å²) in [6, 6.07) is 6.69. The molecule has 28 heavy (non-hydrogen) atoms. The number of carbonyl (C=O) groups is 3. The number of alkyl carbamates (subject to hydrolysis) is 1. The Bertz CT molecular complexity index is 705. The molecule has 0 atom stereocenters. The van der Waals surface area contributed by atoms with Crippen LogP contribution in [0.4, 0.5) is 4.79 Å². The molecule has 2 rings (SSSR count). The Morgan fingerprint density at radius 1 is 1.21 bits per heavy atom. The fraction of sp³-hybridized carbons (Fsp3) is 0.550. The molecule has 1 aromatic rings. The molecule has 1 heterocycles. The van der Waals surface area contributed by atoms with Crippen molar-refractivity contribution in [3.8, 4) is 5.75 Å².